The van der Waals surface area contributed by atoms with Crippen molar-refractivity contribution in [2.24, 2.45) is 5.92 Å². The molecule has 0 saturated heterocycles. The topological polar surface area (TPSA) is 142 Å². The van der Waals surface area contributed by atoms with E-state index in [1.807, 2.05) is 6.92 Å². The fourth-order valence-electron chi connectivity index (χ4n) is 4.30. The minimum absolute atomic E-state index is 0.0616. The van der Waals surface area contributed by atoms with Crippen molar-refractivity contribution in [2.45, 2.75) is 30.9 Å². The van der Waals surface area contributed by atoms with Crippen LogP contribution in [-0.4, -0.2) is 83.4 Å². The highest BCUT2D eigenvalue weighted by atomic mass is 35.5. The summed E-state index contributed by atoms with van der Waals surface area (Å²) in [7, 11) is -2.45. The number of carbonyl (C=O) groups excluding carboxylic acids is 2. The second kappa shape index (κ2) is 12.3. The molecule has 212 valence electrons. The minimum Gasteiger partial charge on any atom is -0.486 e. The number of benzene rings is 2. The molecule has 1 aliphatic heterocycles. The first-order valence-electron chi connectivity index (χ1n) is 12.5. The quantitative estimate of drug-likeness (QED) is 0.410. The molecule has 3 atom stereocenters. The molecule has 2 amide bonds. The Morgan fingerprint density at radius 3 is 2.62 bits per heavy atom. The third kappa shape index (κ3) is 6.25. The van der Waals surface area contributed by atoms with Gasteiger partial charge in [-0.25, -0.2) is 13.4 Å². The second-order valence-corrected chi connectivity index (χ2v) is 12.1. The van der Waals surface area contributed by atoms with E-state index in [2.05, 4.69) is 15.3 Å². The summed E-state index contributed by atoms with van der Waals surface area (Å²) in [6.07, 6.45) is 3.39. The zero-order valence-corrected chi connectivity index (χ0v) is 23.8. The Hall–Kier alpha value is -3.58. The SMILES string of the molecule is C[C@H](CO)N1C[C@H](C)[C@H](CN(C)S(=O)(=O)c2ccc(Cl)cc2)Oc2c(NC(=O)c3cnccn3)cccc2C1=O. The van der Waals surface area contributed by atoms with Crippen LogP contribution in [0.4, 0.5) is 5.69 Å². The number of hydrogen-bond acceptors (Lipinski definition) is 8. The highest BCUT2D eigenvalue weighted by molar-refractivity contribution is 7.89. The van der Waals surface area contributed by atoms with Crippen molar-refractivity contribution in [3.8, 4) is 5.75 Å². The number of carbonyl (C=O) groups is 2. The number of aliphatic hydroxyl groups excluding tert-OH is 1. The van der Waals surface area contributed by atoms with E-state index in [4.69, 9.17) is 16.3 Å². The maximum Gasteiger partial charge on any atom is 0.275 e. The van der Waals surface area contributed by atoms with Crippen LogP contribution >= 0.6 is 11.6 Å². The van der Waals surface area contributed by atoms with Crippen molar-refractivity contribution in [1.82, 2.24) is 19.2 Å². The molecule has 1 aliphatic rings. The molecule has 0 fully saturated rings. The van der Waals surface area contributed by atoms with Crippen LogP contribution in [0.25, 0.3) is 0 Å². The van der Waals surface area contributed by atoms with Gasteiger partial charge in [-0.3, -0.25) is 14.6 Å². The Balaban J connectivity index is 1.72. The summed E-state index contributed by atoms with van der Waals surface area (Å²) in [5.41, 5.74) is 0.435. The van der Waals surface area contributed by atoms with Gasteiger partial charge in [0.05, 0.1) is 41.5 Å². The number of likely N-dealkylation sites (N-methyl/N-ethyl adjacent to an activating group) is 1. The van der Waals surface area contributed by atoms with Crippen molar-refractivity contribution in [3.05, 3.63) is 77.3 Å². The second-order valence-electron chi connectivity index (χ2n) is 9.59. The maximum atomic E-state index is 13.6. The first-order valence-corrected chi connectivity index (χ1v) is 14.4. The van der Waals surface area contributed by atoms with Crippen LogP contribution in [0.5, 0.6) is 5.75 Å². The number of hydrogen-bond donors (Lipinski definition) is 2. The maximum absolute atomic E-state index is 13.6. The van der Waals surface area contributed by atoms with Gasteiger partial charge in [0, 0.05) is 36.9 Å². The molecule has 0 saturated carbocycles. The fourth-order valence-corrected chi connectivity index (χ4v) is 5.61. The van der Waals surface area contributed by atoms with E-state index in [1.165, 1.54) is 59.1 Å². The average molecular weight is 588 g/mol. The molecule has 11 nitrogen and oxygen atoms in total. The number of anilines is 1. The van der Waals surface area contributed by atoms with Gasteiger partial charge < -0.3 is 20.1 Å². The Bertz CT molecular complexity index is 1470. The molecular formula is C27H30ClN5O6S. The molecule has 1 aromatic heterocycles. The van der Waals surface area contributed by atoms with Gasteiger partial charge in [0.2, 0.25) is 10.0 Å². The van der Waals surface area contributed by atoms with Crippen LogP contribution < -0.4 is 10.1 Å². The lowest BCUT2D eigenvalue weighted by Crippen LogP contribution is -2.50. The predicted molar refractivity (Wildman–Crippen MR) is 149 cm³/mol. The molecule has 40 heavy (non-hydrogen) atoms. The third-order valence-electron chi connectivity index (χ3n) is 6.69. The van der Waals surface area contributed by atoms with E-state index in [-0.39, 0.29) is 59.1 Å². The Morgan fingerprint density at radius 1 is 1.25 bits per heavy atom. The average Bonchev–Trinajstić information content (AvgIpc) is 2.95. The monoisotopic (exact) mass is 587 g/mol. The lowest BCUT2D eigenvalue weighted by atomic mass is 9.99. The van der Waals surface area contributed by atoms with Gasteiger partial charge in [-0.1, -0.05) is 24.6 Å². The van der Waals surface area contributed by atoms with E-state index < -0.39 is 28.1 Å². The molecule has 0 aliphatic carbocycles. The highest BCUT2D eigenvalue weighted by Gasteiger charge is 2.36. The van der Waals surface area contributed by atoms with Gasteiger partial charge in [0.1, 0.15) is 11.8 Å². The molecule has 3 aromatic rings. The number of halogens is 1. The Morgan fingerprint density at radius 2 is 1.98 bits per heavy atom. The number of sulfonamides is 1. The lowest BCUT2D eigenvalue weighted by molar-refractivity contribution is 0.0388. The number of fused-ring (bicyclic) bond motifs is 1. The van der Waals surface area contributed by atoms with Crippen LogP contribution in [-0.2, 0) is 10.0 Å². The summed E-state index contributed by atoms with van der Waals surface area (Å²) in [6, 6.07) is 10.1. The summed E-state index contributed by atoms with van der Waals surface area (Å²) >= 11 is 5.93. The van der Waals surface area contributed by atoms with Crippen LogP contribution in [0.3, 0.4) is 0 Å². The van der Waals surface area contributed by atoms with Crippen molar-refractivity contribution in [3.63, 3.8) is 0 Å². The van der Waals surface area contributed by atoms with Gasteiger partial charge in [-0.05, 0) is 43.3 Å². The summed E-state index contributed by atoms with van der Waals surface area (Å²) in [6.45, 7) is 3.43. The molecule has 4 rings (SSSR count). The van der Waals surface area contributed by atoms with Gasteiger partial charge in [-0.15, -0.1) is 0 Å². The number of para-hydroxylation sites is 1. The predicted octanol–water partition coefficient (Wildman–Crippen LogP) is 2.92. The van der Waals surface area contributed by atoms with E-state index in [1.54, 1.807) is 25.1 Å². The summed E-state index contributed by atoms with van der Waals surface area (Å²) in [4.78, 5) is 36.0. The van der Waals surface area contributed by atoms with E-state index in [0.717, 1.165) is 0 Å². The van der Waals surface area contributed by atoms with E-state index in [9.17, 15) is 23.1 Å². The zero-order valence-electron chi connectivity index (χ0n) is 22.2. The largest absolute Gasteiger partial charge is 0.486 e. The van der Waals surface area contributed by atoms with E-state index in [0.29, 0.717) is 5.02 Å². The number of nitrogens with zero attached hydrogens (tertiary/aromatic N) is 4. The molecular weight excluding hydrogens is 558 g/mol. The molecule has 0 spiro atoms. The van der Waals surface area contributed by atoms with Gasteiger partial charge in [0.15, 0.2) is 5.75 Å². The number of aromatic nitrogens is 2. The molecule has 2 heterocycles. The lowest BCUT2D eigenvalue weighted by Gasteiger charge is -2.38. The first kappa shape index (κ1) is 29.4. The highest BCUT2D eigenvalue weighted by Crippen LogP contribution is 2.35. The third-order valence-corrected chi connectivity index (χ3v) is 8.78. The summed E-state index contributed by atoms with van der Waals surface area (Å²) in [5, 5.41) is 13.0. The van der Waals surface area contributed by atoms with Crippen LogP contribution in [0.15, 0.2) is 66.0 Å². The number of rotatable bonds is 8. The van der Waals surface area contributed by atoms with Gasteiger partial charge in [0.25, 0.3) is 11.8 Å². The van der Waals surface area contributed by atoms with Crippen molar-refractivity contribution in [1.29, 1.82) is 0 Å². The number of amides is 2. The normalized spacial score (nSPS) is 18.4. The van der Waals surface area contributed by atoms with Gasteiger partial charge in [-0.2, -0.15) is 4.31 Å². The Labute approximate surface area is 237 Å². The summed E-state index contributed by atoms with van der Waals surface area (Å²) < 4.78 is 34.2. The molecule has 0 unspecified atom stereocenters. The van der Waals surface area contributed by atoms with Crippen LogP contribution in [0.1, 0.15) is 34.7 Å². The molecule has 13 heteroatoms. The molecule has 0 radical (unpaired) electrons. The minimum atomic E-state index is -3.90. The molecule has 2 N–H and O–H groups in total. The Kier molecular flexibility index (Phi) is 9.04. The van der Waals surface area contributed by atoms with Gasteiger partial charge >= 0.3 is 0 Å². The standard InChI is InChI=1S/C27H30ClN5O6S/c1-17-14-33(18(2)16-34)27(36)21-5-4-6-22(31-26(35)23-13-29-11-12-30-23)25(21)39-24(17)15-32(3)40(37,38)20-9-7-19(28)8-10-20/h4-13,17-18,24,34H,14-16H2,1-3H3,(H,31,35)/t17-,18+,24-/m0/s1. The van der Waals surface area contributed by atoms with Crippen molar-refractivity contribution in [2.75, 3.05) is 32.1 Å². The molecule has 2 aromatic carbocycles. The van der Waals surface area contributed by atoms with Crippen LogP contribution in [0, 0.1) is 5.92 Å². The van der Waals surface area contributed by atoms with Crippen LogP contribution in [0.2, 0.25) is 5.02 Å². The number of ether oxygens (including phenoxy) is 1. The summed E-state index contributed by atoms with van der Waals surface area (Å²) in [5.74, 6) is -1.22. The number of aliphatic hydroxyl groups is 1. The molecule has 0 bridgehead atoms. The van der Waals surface area contributed by atoms with Crippen molar-refractivity contribution >= 4 is 39.1 Å². The van der Waals surface area contributed by atoms with Crippen molar-refractivity contribution < 1.29 is 27.9 Å². The first-order chi connectivity index (χ1) is 19.0. The fraction of sp³-hybridized carbons (Fsp3) is 0.333. The number of nitrogens with one attached hydrogen (secondary N) is 1. The smallest absolute Gasteiger partial charge is 0.275 e. The van der Waals surface area contributed by atoms with E-state index >= 15 is 0 Å². The zero-order chi connectivity index (χ0) is 29.0.